The van der Waals surface area contributed by atoms with Crippen LogP contribution in [0.2, 0.25) is 0 Å². The topological polar surface area (TPSA) is 171 Å². The number of nitrogens with two attached hydrogens (primary N) is 1. The summed E-state index contributed by atoms with van der Waals surface area (Å²) in [6.45, 7) is 3.84. The molecule has 0 aromatic heterocycles. The van der Waals surface area contributed by atoms with Crippen LogP contribution in [-0.2, 0) is 19.2 Å². The monoisotopic (exact) mass is 346 g/mol. The highest BCUT2D eigenvalue weighted by Crippen LogP contribution is 2.08. The second kappa shape index (κ2) is 10.6. The second-order valence-corrected chi connectivity index (χ2v) is 5.52. The minimum Gasteiger partial charge on any atom is -0.480 e. The van der Waals surface area contributed by atoms with Crippen LogP contribution in [0.15, 0.2) is 0 Å². The first-order valence-corrected chi connectivity index (χ1v) is 7.60. The zero-order chi connectivity index (χ0) is 18.9. The van der Waals surface area contributed by atoms with Crippen molar-refractivity contribution < 1.29 is 29.4 Å². The van der Waals surface area contributed by atoms with E-state index in [0.717, 1.165) is 0 Å². The number of carboxylic acid groups (broad SMARTS) is 1. The highest BCUT2D eigenvalue weighted by Gasteiger charge is 2.29. The predicted molar refractivity (Wildman–Crippen MR) is 84.7 cm³/mol. The van der Waals surface area contributed by atoms with E-state index in [4.69, 9.17) is 15.9 Å². The number of carboxylic acids is 1. The van der Waals surface area contributed by atoms with Crippen LogP contribution >= 0.6 is 0 Å². The Hall–Kier alpha value is -2.20. The van der Waals surface area contributed by atoms with Gasteiger partial charge in [0.15, 0.2) is 0 Å². The first kappa shape index (κ1) is 21.8. The van der Waals surface area contributed by atoms with E-state index in [1.807, 2.05) is 0 Å². The van der Waals surface area contributed by atoms with E-state index >= 15 is 0 Å². The van der Waals surface area contributed by atoms with Gasteiger partial charge in [0, 0.05) is 0 Å². The predicted octanol–water partition coefficient (Wildman–Crippen LogP) is -2.46. The van der Waals surface area contributed by atoms with E-state index in [1.54, 1.807) is 13.8 Å². The second-order valence-electron chi connectivity index (χ2n) is 5.52. The molecular weight excluding hydrogens is 320 g/mol. The summed E-state index contributed by atoms with van der Waals surface area (Å²) in [6.07, 6.45) is 0.543. The number of carbonyl (C=O) groups excluding carboxylic acids is 3. The molecule has 0 heterocycles. The van der Waals surface area contributed by atoms with Crippen molar-refractivity contribution in [2.45, 2.75) is 45.3 Å². The van der Waals surface area contributed by atoms with Crippen molar-refractivity contribution in [3.8, 4) is 0 Å². The summed E-state index contributed by atoms with van der Waals surface area (Å²) >= 11 is 0. The average Bonchev–Trinajstić information content (AvgIpc) is 2.53. The van der Waals surface area contributed by atoms with Gasteiger partial charge in [-0.25, -0.2) is 4.79 Å². The van der Waals surface area contributed by atoms with Crippen LogP contribution in [-0.4, -0.2) is 65.2 Å². The van der Waals surface area contributed by atoms with Gasteiger partial charge in [-0.1, -0.05) is 20.3 Å². The minimum atomic E-state index is -1.46. The van der Waals surface area contributed by atoms with Crippen LogP contribution < -0.4 is 21.7 Å². The van der Waals surface area contributed by atoms with Gasteiger partial charge >= 0.3 is 5.97 Å². The van der Waals surface area contributed by atoms with Crippen molar-refractivity contribution in [3.05, 3.63) is 0 Å². The van der Waals surface area contributed by atoms with E-state index in [9.17, 15) is 19.2 Å². The Kier molecular flexibility index (Phi) is 9.58. The summed E-state index contributed by atoms with van der Waals surface area (Å²) in [5.74, 6) is -3.52. The molecule has 0 aliphatic heterocycles. The van der Waals surface area contributed by atoms with Crippen molar-refractivity contribution in [1.82, 2.24) is 16.0 Å². The van der Waals surface area contributed by atoms with Crippen LogP contribution in [0.4, 0.5) is 0 Å². The maximum Gasteiger partial charge on any atom is 0.328 e. The van der Waals surface area contributed by atoms with E-state index in [1.165, 1.54) is 6.92 Å². The molecule has 138 valence electrons. The SMILES string of the molecule is CCC(C)C(NC(=O)CNC(=O)C(C)N)C(=O)NC(CO)C(=O)O. The van der Waals surface area contributed by atoms with Crippen LogP contribution in [0, 0.1) is 5.92 Å². The van der Waals surface area contributed by atoms with Gasteiger partial charge in [0.1, 0.15) is 12.1 Å². The number of carbonyl (C=O) groups is 4. The molecule has 0 aromatic rings. The molecule has 0 aliphatic carbocycles. The van der Waals surface area contributed by atoms with Gasteiger partial charge in [-0.3, -0.25) is 14.4 Å². The Labute approximate surface area is 140 Å². The molecule has 0 saturated heterocycles. The fourth-order valence-corrected chi connectivity index (χ4v) is 1.70. The van der Waals surface area contributed by atoms with Crippen molar-refractivity contribution in [3.63, 3.8) is 0 Å². The quantitative estimate of drug-likeness (QED) is 0.255. The van der Waals surface area contributed by atoms with Gasteiger partial charge in [-0.15, -0.1) is 0 Å². The van der Waals surface area contributed by atoms with E-state index in [-0.39, 0.29) is 12.5 Å². The number of hydrogen-bond donors (Lipinski definition) is 6. The Balaban J connectivity index is 4.83. The molecule has 0 bridgehead atoms. The van der Waals surface area contributed by atoms with Gasteiger partial charge in [-0.2, -0.15) is 0 Å². The molecule has 0 radical (unpaired) electrons. The van der Waals surface area contributed by atoms with E-state index < -0.39 is 48.4 Å². The normalized spacial score (nSPS) is 15.5. The van der Waals surface area contributed by atoms with Gasteiger partial charge in [0.2, 0.25) is 17.7 Å². The van der Waals surface area contributed by atoms with Crippen molar-refractivity contribution >= 4 is 23.7 Å². The van der Waals surface area contributed by atoms with Crippen LogP contribution in [0.5, 0.6) is 0 Å². The molecule has 0 spiro atoms. The maximum atomic E-state index is 12.2. The lowest BCUT2D eigenvalue weighted by atomic mass is 9.98. The largest absolute Gasteiger partial charge is 0.480 e. The summed E-state index contributed by atoms with van der Waals surface area (Å²) in [6, 6.07) is -3.23. The standard InChI is InChI=1S/C14H26N4O6/c1-4-7(2)11(13(22)17-9(6-19)14(23)24)18-10(20)5-16-12(21)8(3)15/h7-9,11,19H,4-6,15H2,1-3H3,(H,16,21)(H,17,22)(H,18,20)(H,23,24). The molecule has 0 aromatic carbocycles. The number of hydrogen-bond acceptors (Lipinski definition) is 6. The zero-order valence-electron chi connectivity index (χ0n) is 14.0. The lowest BCUT2D eigenvalue weighted by Gasteiger charge is -2.25. The summed E-state index contributed by atoms with van der Waals surface area (Å²) in [4.78, 5) is 46.3. The summed E-state index contributed by atoms with van der Waals surface area (Å²) in [5, 5.41) is 24.7. The summed E-state index contributed by atoms with van der Waals surface area (Å²) in [5.41, 5.74) is 5.35. The fraction of sp³-hybridized carbons (Fsp3) is 0.714. The van der Waals surface area contributed by atoms with Gasteiger partial charge in [0.25, 0.3) is 0 Å². The lowest BCUT2D eigenvalue weighted by Crippen LogP contribution is -2.56. The highest BCUT2D eigenvalue weighted by atomic mass is 16.4. The van der Waals surface area contributed by atoms with Crippen LogP contribution in [0.1, 0.15) is 27.2 Å². The molecule has 10 nitrogen and oxygen atoms in total. The Morgan fingerprint density at radius 2 is 1.67 bits per heavy atom. The Bertz CT molecular complexity index is 468. The molecule has 7 N–H and O–H groups in total. The molecule has 0 aliphatic rings. The van der Waals surface area contributed by atoms with Gasteiger partial charge < -0.3 is 31.9 Å². The van der Waals surface area contributed by atoms with Gasteiger partial charge in [0.05, 0.1) is 19.2 Å². The zero-order valence-corrected chi connectivity index (χ0v) is 14.0. The summed E-state index contributed by atoms with van der Waals surface area (Å²) in [7, 11) is 0. The first-order chi connectivity index (χ1) is 11.1. The first-order valence-electron chi connectivity index (χ1n) is 7.60. The number of aliphatic hydroxyl groups excluding tert-OH is 1. The number of nitrogens with one attached hydrogen (secondary N) is 3. The van der Waals surface area contributed by atoms with Crippen molar-refractivity contribution in [2.75, 3.05) is 13.2 Å². The molecule has 4 atom stereocenters. The highest BCUT2D eigenvalue weighted by molar-refractivity contribution is 5.92. The summed E-state index contributed by atoms with van der Waals surface area (Å²) < 4.78 is 0. The minimum absolute atomic E-state index is 0.286. The molecular formula is C14H26N4O6. The molecule has 0 fully saturated rings. The van der Waals surface area contributed by atoms with E-state index in [2.05, 4.69) is 16.0 Å². The Morgan fingerprint density at radius 3 is 2.08 bits per heavy atom. The smallest absolute Gasteiger partial charge is 0.328 e. The molecule has 0 saturated carbocycles. The molecule has 24 heavy (non-hydrogen) atoms. The average molecular weight is 346 g/mol. The molecule has 4 unspecified atom stereocenters. The molecule has 10 heteroatoms. The molecule has 3 amide bonds. The third-order valence-electron chi connectivity index (χ3n) is 3.45. The number of aliphatic carboxylic acids is 1. The van der Waals surface area contributed by atoms with Gasteiger partial charge in [-0.05, 0) is 12.8 Å². The van der Waals surface area contributed by atoms with Crippen LogP contribution in [0.3, 0.4) is 0 Å². The Morgan fingerprint density at radius 1 is 1.08 bits per heavy atom. The third-order valence-corrected chi connectivity index (χ3v) is 3.45. The fourth-order valence-electron chi connectivity index (χ4n) is 1.70. The van der Waals surface area contributed by atoms with Crippen LogP contribution in [0.25, 0.3) is 0 Å². The number of amides is 3. The lowest BCUT2D eigenvalue weighted by molar-refractivity contribution is -0.143. The number of aliphatic hydroxyl groups is 1. The third kappa shape index (κ3) is 7.38. The van der Waals surface area contributed by atoms with Crippen molar-refractivity contribution in [1.29, 1.82) is 0 Å². The van der Waals surface area contributed by atoms with Crippen molar-refractivity contribution in [2.24, 2.45) is 11.7 Å². The number of rotatable bonds is 10. The molecule has 0 rings (SSSR count). The van der Waals surface area contributed by atoms with E-state index in [0.29, 0.717) is 6.42 Å². The maximum absolute atomic E-state index is 12.2.